The second kappa shape index (κ2) is 5.47. The molecule has 0 amide bonds. The molecule has 0 aliphatic carbocycles. The third kappa shape index (κ3) is 2.36. The standard InChI is InChI=1S/C20H19NO/c22-18-12-17-11-10-16-8-4-5-9-19(16)20(17)21(14-18)13-15-6-2-1-3-7-15/h1-11,18,22H,12-14H2/t18-/m1/s1. The second-order valence-corrected chi connectivity index (χ2v) is 6.02. The first-order chi connectivity index (χ1) is 10.8. The highest BCUT2D eigenvalue weighted by Gasteiger charge is 2.24. The Balaban J connectivity index is 1.83. The van der Waals surface area contributed by atoms with Gasteiger partial charge in [-0.05, 0) is 16.5 Å². The average Bonchev–Trinajstić information content (AvgIpc) is 2.55. The molecule has 1 heterocycles. The second-order valence-electron chi connectivity index (χ2n) is 6.02. The van der Waals surface area contributed by atoms with Crippen molar-refractivity contribution in [2.75, 3.05) is 11.4 Å². The fraction of sp³-hybridized carbons (Fsp3) is 0.200. The highest BCUT2D eigenvalue weighted by atomic mass is 16.3. The number of aliphatic hydroxyl groups is 1. The van der Waals surface area contributed by atoms with Gasteiger partial charge in [-0.3, -0.25) is 0 Å². The molecule has 0 bridgehead atoms. The van der Waals surface area contributed by atoms with E-state index in [-0.39, 0.29) is 6.10 Å². The van der Waals surface area contributed by atoms with Gasteiger partial charge in [-0.15, -0.1) is 0 Å². The summed E-state index contributed by atoms with van der Waals surface area (Å²) >= 11 is 0. The number of benzene rings is 3. The number of β-amino-alcohol motifs (C(OH)–C–C–N with tert-alkyl or cyclic N) is 1. The van der Waals surface area contributed by atoms with Gasteiger partial charge in [0.25, 0.3) is 0 Å². The zero-order valence-corrected chi connectivity index (χ0v) is 12.4. The van der Waals surface area contributed by atoms with Crippen LogP contribution in [0.2, 0.25) is 0 Å². The molecular formula is C20H19NO. The zero-order valence-electron chi connectivity index (χ0n) is 12.4. The van der Waals surface area contributed by atoms with Gasteiger partial charge >= 0.3 is 0 Å². The van der Waals surface area contributed by atoms with Crippen molar-refractivity contribution in [2.24, 2.45) is 0 Å². The van der Waals surface area contributed by atoms with Gasteiger partial charge in [0.15, 0.2) is 0 Å². The normalized spacial score (nSPS) is 17.5. The molecule has 0 aromatic heterocycles. The van der Waals surface area contributed by atoms with Crippen molar-refractivity contribution in [1.29, 1.82) is 0 Å². The summed E-state index contributed by atoms with van der Waals surface area (Å²) in [6, 6.07) is 23.3. The van der Waals surface area contributed by atoms with Crippen LogP contribution in [0.3, 0.4) is 0 Å². The summed E-state index contributed by atoms with van der Waals surface area (Å²) in [6.07, 6.45) is 0.447. The lowest BCUT2D eigenvalue weighted by Gasteiger charge is -2.35. The van der Waals surface area contributed by atoms with Crippen LogP contribution >= 0.6 is 0 Å². The van der Waals surface area contributed by atoms with Crippen LogP contribution < -0.4 is 4.90 Å². The van der Waals surface area contributed by atoms with Gasteiger partial charge in [0.1, 0.15) is 0 Å². The van der Waals surface area contributed by atoms with Gasteiger partial charge in [-0.25, -0.2) is 0 Å². The van der Waals surface area contributed by atoms with E-state index in [0.29, 0.717) is 6.54 Å². The van der Waals surface area contributed by atoms with Gasteiger partial charge in [-0.1, -0.05) is 66.7 Å². The van der Waals surface area contributed by atoms with Crippen LogP contribution in [0.25, 0.3) is 10.8 Å². The Labute approximate surface area is 130 Å². The Bertz CT molecular complexity index is 797. The minimum absolute atomic E-state index is 0.294. The summed E-state index contributed by atoms with van der Waals surface area (Å²) < 4.78 is 0. The van der Waals surface area contributed by atoms with Gasteiger partial charge in [0.2, 0.25) is 0 Å². The van der Waals surface area contributed by atoms with E-state index in [1.165, 1.54) is 27.6 Å². The van der Waals surface area contributed by atoms with Crippen LogP contribution in [-0.4, -0.2) is 17.8 Å². The summed E-state index contributed by atoms with van der Waals surface area (Å²) in [5.74, 6) is 0. The molecule has 0 saturated carbocycles. The SMILES string of the molecule is O[C@@H]1Cc2ccc3ccccc3c2N(Cc2ccccc2)C1. The van der Waals surface area contributed by atoms with Crippen molar-refractivity contribution in [2.45, 2.75) is 19.1 Å². The zero-order chi connectivity index (χ0) is 14.9. The highest BCUT2D eigenvalue weighted by Crippen LogP contribution is 2.35. The first-order valence-electron chi connectivity index (χ1n) is 7.79. The third-order valence-electron chi connectivity index (χ3n) is 4.40. The predicted octanol–water partition coefficient (Wildman–Crippen LogP) is 3.76. The lowest BCUT2D eigenvalue weighted by atomic mass is 9.94. The number of nitrogens with zero attached hydrogens (tertiary/aromatic N) is 1. The number of hydrogen-bond acceptors (Lipinski definition) is 2. The van der Waals surface area contributed by atoms with Crippen molar-refractivity contribution in [1.82, 2.24) is 0 Å². The summed E-state index contributed by atoms with van der Waals surface area (Å²) in [7, 11) is 0. The predicted molar refractivity (Wildman–Crippen MR) is 91.2 cm³/mol. The van der Waals surface area contributed by atoms with E-state index in [4.69, 9.17) is 0 Å². The van der Waals surface area contributed by atoms with Crippen molar-refractivity contribution < 1.29 is 5.11 Å². The van der Waals surface area contributed by atoms with E-state index in [0.717, 1.165) is 13.0 Å². The molecule has 1 aliphatic rings. The summed E-state index contributed by atoms with van der Waals surface area (Å²) in [6.45, 7) is 1.52. The smallest absolute Gasteiger partial charge is 0.0756 e. The van der Waals surface area contributed by atoms with Gasteiger partial charge in [0, 0.05) is 30.6 Å². The quantitative estimate of drug-likeness (QED) is 0.776. The van der Waals surface area contributed by atoms with E-state index in [1.807, 2.05) is 6.07 Å². The summed E-state index contributed by atoms with van der Waals surface area (Å²) in [4.78, 5) is 2.32. The monoisotopic (exact) mass is 289 g/mol. The number of anilines is 1. The molecule has 0 fully saturated rings. The molecule has 1 aliphatic heterocycles. The summed E-state index contributed by atoms with van der Waals surface area (Å²) in [5, 5.41) is 12.8. The number of rotatable bonds is 2. The molecule has 22 heavy (non-hydrogen) atoms. The molecule has 3 aromatic carbocycles. The van der Waals surface area contributed by atoms with Gasteiger partial charge in [0.05, 0.1) is 6.10 Å². The van der Waals surface area contributed by atoms with Crippen LogP contribution in [0.4, 0.5) is 5.69 Å². The maximum atomic E-state index is 10.2. The molecule has 110 valence electrons. The Morgan fingerprint density at radius 2 is 1.68 bits per heavy atom. The third-order valence-corrected chi connectivity index (χ3v) is 4.40. The topological polar surface area (TPSA) is 23.5 Å². The largest absolute Gasteiger partial charge is 0.391 e. The maximum Gasteiger partial charge on any atom is 0.0756 e. The molecule has 1 N–H and O–H groups in total. The first kappa shape index (κ1) is 13.4. The fourth-order valence-electron chi connectivity index (χ4n) is 3.45. The number of aliphatic hydroxyl groups excluding tert-OH is 1. The van der Waals surface area contributed by atoms with Gasteiger partial charge < -0.3 is 10.0 Å². The van der Waals surface area contributed by atoms with E-state index in [9.17, 15) is 5.11 Å². The molecule has 2 heteroatoms. The minimum atomic E-state index is -0.294. The Morgan fingerprint density at radius 3 is 2.55 bits per heavy atom. The van der Waals surface area contributed by atoms with Crippen molar-refractivity contribution in [3.63, 3.8) is 0 Å². The van der Waals surface area contributed by atoms with Crippen LogP contribution in [0.1, 0.15) is 11.1 Å². The van der Waals surface area contributed by atoms with Gasteiger partial charge in [-0.2, -0.15) is 0 Å². The number of fused-ring (bicyclic) bond motifs is 3. The van der Waals surface area contributed by atoms with Crippen LogP contribution in [0.15, 0.2) is 66.7 Å². The maximum absolute atomic E-state index is 10.2. The molecule has 0 saturated heterocycles. The molecule has 2 nitrogen and oxygen atoms in total. The lowest BCUT2D eigenvalue weighted by molar-refractivity contribution is 0.175. The highest BCUT2D eigenvalue weighted by molar-refractivity contribution is 5.96. The fourth-order valence-corrected chi connectivity index (χ4v) is 3.45. The van der Waals surface area contributed by atoms with Crippen molar-refractivity contribution in [3.05, 3.63) is 77.9 Å². The van der Waals surface area contributed by atoms with Crippen molar-refractivity contribution >= 4 is 16.5 Å². The van der Waals surface area contributed by atoms with E-state index in [2.05, 4.69) is 65.6 Å². The van der Waals surface area contributed by atoms with E-state index >= 15 is 0 Å². The molecule has 0 radical (unpaired) electrons. The lowest BCUT2D eigenvalue weighted by Crippen LogP contribution is -2.38. The number of hydrogen-bond donors (Lipinski definition) is 1. The molecule has 0 spiro atoms. The molecule has 3 aromatic rings. The molecular weight excluding hydrogens is 270 g/mol. The molecule has 1 atom stereocenters. The van der Waals surface area contributed by atoms with Crippen LogP contribution in [-0.2, 0) is 13.0 Å². The van der Waals surface area contributed by atoms with Crippen LogP contribution in [0.5, 0.6) is 0 Å². The summed E-state index contributed by atoms with van der Waals surface area (Å²) in [5.41, 5.74) is 3.80. The van der Waals surface area contributed by atoms with Crippen LogP contribution in [0, 0.1) is 0 Å². The van der Waals surface area contributed by atoms with E-state index in [1.54, 1.807) is 0 Å². The molecule has 4 rings (SSSR count). The Kier molecular flexibility index (Phi) is 3.32. The van der Waals surface area contributed by atoms with Crippen molar-refractivity contribution in [3.8, 4) is 0 Å². The Hall–Kier alpha value is -2.32. The van der Waals surface area contributed by atoms with E-state index < -0.39 is 0 Å². The first-order valence-corrected chi connectivity index (χ1v) is 7.79. The molecule has 0 unspecified atom stereocenters. The average molecular weight is 289 g/mol. The Morgan fingerprint density at radius 1 is 0.909 bits per heavy atom. The minimum Gasteiger partial charge on any atom is -0.391 e.